The van der Waals surface area contributed by atoms with Gasteiger partial charge < -0.3 is 19.1 Å². The molecular weight excluding hydrogens is 358 g/mol. The number of nitrogens with zero attached hydrogens (tertiary/aromatic N) is 5. The molecule has 1 aromatic rings. The maximum absolute atomic E-state index is 12.6. The van der Waals surface area contributed by atoms with E-state index in [0.29, 0.717) is 11.7 Å². The molecule has 0 saturated carbocycles. The summed E-state index contributed by atoms with van der Waals surface area (Å²) in [5.41, 5.74) is 0.178. The van der Waals surface area contributed by atoms with Crippen molar-refractivity contribution in [3.8, 4) is 0 Å². The van der Waals surface area contributed by atoms with Gasteiger partial charge >= 0.3 is 6.03 Å². The summed E-state index contributed by atoms with van der Waals surface area (Å²) in [6.07, 6.45) is 6.37. The number of urea groups is 1. The summed E-state index contributed by atoms with van der Waals surface area (Å²) in [4.78, 5) is 23.7. The third-order valence-corrected chi connectivity index (χ3v) is 7.13. The number of rotatable bonds is 2. The molecular formula is C20H31N5O3. The van der Waals surface area contributed by atoms with Crippen LogP contribution < -0.4 is 0 Å². The zero-order valence-corrected chi connectivity index (χ0v) is 16.8. The van der Waals surface area contributed by atoms with Gasteiger partial charge in [-0.05, 0) is 52.0 Å². The van der Waals surface area contributed by atoms with Crippen molar-refractivity contribution in [3.05, 3.63) is 11.7 Å². The number of hydrogen-bond acceptors (Lipinski definition) is 6. The average molecular weight is 390 g/mol. The molecule has 0 spiro atoms. The molecule has 0 aliphatic carbocycles. The predicted molar refractivity (Wildman–Crippen MR) is 102 cm³/mol. The number of carbonyl (C=O) groups excluding carboxylic acids is 1. The second-order valence-electron chi connectivity index (χ2n) is 9.08. The number of carbonyl (C=O) groups is 1. The Kier molecular flexibility index (Phi) is 4.79. The molecule has 154 valence electrons. The summed E-state index contributed by atoms with van der Waals surface area (Å²) >= 11 is 0. The lowest BCUT2D eigenvalue weighted by molar-refractivity contribution is -0.0935. The molecule has 4 aliphatic heterocycles. The van der Waals surface area contributed by atoms with E-state index >= 15 is 0 Å². The molecule has 0 N–H and O–H groups in total. The second kappa shape index (κ2) is 7.30. The van der Waals surface area contributed by atoms with Crippen molar-refractivity contribution in [2.24, 2.45) is 0 Å². The van der Waals surface area contributed by atoms with Gasteiger partial charge in [0.25, 0.3) is 0 Å². The monoisotopic (exact) mass is 389 g/mol. The third kappa shape index (κ3) is 3.30. The number of fused-ring (bicyclic) bond motifs is 1. The molecule has 0 radical (unpaired) electrons. The first-order valence-corrected chi connectivity index (χ1v) is 10.9. The maximum atomic E-state index is 12.6. The molecule has 0 bridgehead atoms. The molecule has 28 heavy (non-hydrogen) atoms. The Morgan fingerprint density at radius 2 is 1.82 bits per heavy atom. The fourth-order valence-corrected chi connectivity index (χ4v) is 5.21. The van der Waals surface area contributed by atoms with Gasteiger partial charge in [0.15, 0.2) is 0 Å². The molecule has 0 aromatic carbocycles. The van der Waals surface area contributed by atoms with Crippen molar-refractivity contribution in [1.82, 2.24) is 24.8 Å². The number of ether oxygens (including phenoxy) is 1. The highest BCUT2D eigenvalue weighted by atomic mass is 16.5. The van der Waals surface area contributed by atoms with Gasteiger partial charge in [0.2, 0.25) is 11.7 Å². The molecule has 5 heterocycles. The van der Waals surface area contributed by atoms with Gasteiger partial charge in [-0.25, -0.2) is 4.79 Å². The van der Waals surface area contributed by atoms with Crippen molar-refractivity contribution in [2.75, 3.05) is 45.9 Å². The third-order valence-electron chi connectivity index (χ3n) is 7.13. The minimum atomic E-state index is -0.0968. The van der Waals surface area contributed by atoms with Gasteiger partial charge in [0, 0.05) is 44.2 Å². The average Bonchev–Trinajstić information content (AvgIpc) is 3.47. The Bertz CT molecular complexity index is 710. The standard InChI is InChI=1S/C20H31N5O3/c1-20-7-4-10-25(20)13-16(27-14-20)17-21-18(28-22-17)15-5-11-24(12-6-15)19(26)23-8-2-3-9-23/h15-16H,2-14H2,1H3. The first-order valence-electron chi connectivity index (χ1n) is 10.9. The van der Waals surface area contributed by atoms with Crippen LogP contribution in [0.25, 0.3) is 0 Å². The van der Waals surface area contributed by atoms with Crippen LogP contribution in [0.15, 0.2) is 4.52 Å². The molecule has 2 amide bonds. The van der Waals surface area contributed by atoms with E-state index in [4.69, 9.17) is 14.2 Å². The first kappa shape index (κ1) is 18.4. The van der Waals surface area contributed by atoms with E-state index in [1.165, 1.54) is 12.8 Å². The maximum Gasteiger partial charge on any atom is 0.319 e. The first-order chi connectivity index (χ1) is 13.6. The van der Waals surface area contributed by atoms with Crippen LogP contribution >= 0.6 is 0 Å². The van der Waals surface area contributed by atoms with Crippen molar-refractivity contribution in [2.45, 2.75) is 63.0 Å². The van der Waals surface area contributed by atoms with Gasteiger partial charge in [-0.15, -0.1) is 0 Å². The van der Waals surface area contributed by atoms with Gasteiger partial charge in [0.1, 0.15) is 6.10 Å². The van der Waals surface area contributed by atoms with E-state index in [1.807, 2.05) is 9.80 Å². The SMILES string of the molecule is CC12CCCN1CC(c1noc(C3CCN(C(=O)N4CCCC4)CC3)n1)OC2. The van der Waals surface area contributed by atoms with E-state index < -0.39 is 0 Å². The molecule has 2 unspecified atom stereocenters. The number of aromatic nitrogens is 2. The molecule has 4 aliphatic rings. The van der Waals surface area contributed by atoms with Crippen molar-refractivity contribution < 1.29 is 14.1 Å². The summed E-state index contributed by atoms with van der Waals surface area (Å²) in [5, 5.41) is 4.24. The van der Waals surface area contributed by atoms with E-state index in [9.17, 15) is 4.79 Å². The van der Waals surface area contributed by atoms with Crippen molar-refractivity contribution in [3.63, 3.8) is 0 Å². The van der Waals surface area contributed by atoms with Crippen LogP contribution in [-0.4, -0.2) is 82.3 Å². The molecule has 4 saturated heterocycles. The minimum Gasteiger partial charge on any atom is -0.367 e. The van der Waals surface area contributed by atoms with Crippen molar-refractivity contribution in [1.29, 1.82) is 0 Å². The lowest BCUT2D eigenvalue weighted by atomic mass is 9.97. The van der Waals surface area contributed by atoms with Crippen LogP contribution in [0.2, 0.25) is 0 Å². The largest absolute Gasteiger partial charge is 0.367 e. The van der Waals surface area contributed by atoms with E-state index in [2.05, 4.69) is 17.0 Å². The summed E-state index contributed by atoms with van der Waals surface area (Å²) < 4.78 is 11.7. The van der Waals surface area contributed by atoms with Crippen LogP contribution in [0.4, 0.5) is 4.79 Å². The molecule has 2 atom stereocenters. The van der Waals surface area contributed by atoms with Gasteiger partial charge in [-0.1, -0.05) is 5.16 Å². The number of hydrogen-bond donors (Lipinski definition) is 0. The Balaban J connectivity index is 1.18. The Hall–Kier alpha value is -1.67. The molecule has 5 rings (SSSR count). The van der Waals surface area contributed by atoms with E-state index in [1.54, 1.807) is 0 Å². The molecule has 8 heteroatoms. The zero-order chi connectivity index (χ0) is 19.1. The van der Waals surface area contributed by atoms with Gasteiger partial charge in [-0.3, -0.25) is 4.90 Å². The Morgan fingerprint density at radius 1 is 1.07 bits per heavy atom. The fraction of sp³-hybridized carbons (Fsp3) is 0.850. The lowest BCUT2D eigenvalue weighted by Gasteiger charge is -2.42. The molecule has 1 aromatic heterocycles. The molecule has 4 fully saturated rings. The van der Waals surface area contributed by atoms with Crippen LogP contribution in [0.1, 0.15) is 69.2 Å². The Morgan fingerprint density at radius 3 is 2.61 bits per heavy atom. The highest BCUT2D eigenvalue weighted by Gasteiger charge is 2.43. The van der Waals surface area contributed by atoms with Crippen LogP contribution in [0, 0.1) is 0 Å². The second-order valence-corrected chi connectivity index (χ2v) is 9.08. The van der Waals surface area contributed by atoms with Crippen molar-refractivity contribution >= 4 is 6.03 Å². The van der Waals surface area contributed by atoms with Crippen LogP contribution in [0.5, 0.6) is 0 Å². The number of piperidine rings is 1. The van der Waals surface area contributed by atoms with E-state index in [-0.39, 0.29) is 23.6 Å². The summed E-state index contributed by atoms with van der Waals surface area (Å²) in [6, 6.07) is 0.200. The highest BCUT2D eigenvalue weighted by molar-refractivity contribution is 5.74. The fourth-order valence-electron chi connectivity index (χ4n) is 5.21. The summed E-state index contributed by atoms with van der Waals surface area (Å²) in [5.74, 6) is 1.63. The Labute approximate surface area is 166 Å². The quantitative estimate of drug-likeness (QED) is 0.773. The summed E-state index contributed by atoms with van der Waals surface area (Å²) in [6.45, 7) is 8.34. The highest BCUT2D eigenvalue weighted by Crippen LogP contribution is 2.37. The topological polar surface area (TPSA) is 74.9 Å². The normalized spacial score (nSPS) is 32.1. The van der Waals surface area contributed by atoms with Crippen LogP contribution in [-0.2, 0) is 4.74 Å². The lowest BCUT2D eigenvalue weighted by Crippen LogP contribution is -2.51. The zero-order valence-electron chi connectivity index (χ0n) is 16.8. The predicted octanol–water partition coefficient (Wildman–Crippen LogP) is 2.39. The van der Waals surface area contributed by atoms with Crippen LogP contribution in [0.3, 0.4) is 0 Å². The molecule has 8 nitrogen and oxygen atoms in total. The number of likely N-dealkylation sites (tertiary alicyclic amines) is 2. The number of amides is 2. The van der Waals surface area contributed by atoms with Gasteiger partial charge in [0.05, 0.1) is 6.61 Å². The van der Waals surface area contributed by atoms with Gasteiger partial charge in [-0.2, -0.15) is 4.98 Å². The smallest absolute Gasteiger partial charge is 0.319 e. The van der Waals surface area contributed by atoms with E-state index in [0.717, 1.165) is 71.6 Å². The summed E-state index contributed by atoms with van der Waals surface area (Å²) in [7, 11) is 0. The number of morpholine rings is 1. The minimum absolute atomic E-state index is 0.0968.